The molecule has 6 heteroatoms. The lowest BCUT2D eigenvalue weighted by atomic mass is 10.1. The highest BCUT2D eigenvalue weighted by Crippen LogP contribution is 2.26. The first-order valence-corrected chi connectivity index (χ1v) is 6.28. The summed E-state index contributed by atoms with van der Waals surface area (Å²) < 4.78 is 10.1. The third-order valence-electron chi connectivity index (χ3n) is 2.44. The highest BCUT2D eigenvalue weighted by molar-refractivity contribution is 7.09. The van der Waals surface area contributed by atoms with Crippen LogP contribution in [0.1, 0.15) is 16.7 Å². The van der Waals surface area contributed by atoms with Crippen LogP contribution in [0.4, 0.5) is 0 Å². The second-order valence-corrected chi connectivity index (χ2v) is 4.64. The number of aromatic nitrogens is 2. The van der Waals surface area contributed by atoms with Crippen molar-refractivity contribution >= 4 is 11.3 Å². The van der Waals surface area contributed by atoms with Crippen LogP contribution < -0.4 is 9.47 Å². The number of rotatable bonds is 5. The Hall–Kier alpha value is -1.66. The number of hydrogen-bond donors (Lipinski definition) is 1. The summed E-state index contributed by atoms with van der Waals surface area (Å²) in [6, 6.07) is 3.92. The van der Waals surface area contributed by atoms with Gasteiger partial charge in [0.15, 0.2) is 0 Å². The van der Waals surface area contributed by atoms with Crippen LogP contribution in [0.3, 0.4) is 0 Å². The van der Waals surface area contributed by atoms with Crippen LogP contribution in [0.5, 0.6) is 11.8 Å². The van der Waals surface area contributed by atoms with E-state index >= 15 is 0 Å². The molecule has 96 valence electrons. The van der Waals surface area contributed by atoms with Gasteiger partial charge in [-0.2, -0.15) is 4.98 Å². The van der Waals surface area contributed by atoms with Crippen LogP contribution in [0.2, 0.25) is 0 Å². The molecule has 2 rings (SSSR count). The van der Waals surface area contributed by atoms with Gasteiger partial charge in [0.2, 0.25) is 11.8 Å². The third kappa shape index (κ3) is 2.77. The van der Waals surface area contributed by atoms with Crippen molar-refractivity contribution in [2.24, 2.45) is 0 Å². The van der Waals surface area contributed by atoms with Gasteiger partial charge in [-0.1, -0.05) is 6.07 Å². The van der Waals surface area contributed by atoms with Gasteiger partial charge < -0.3 is 14.6 Å². The summed E-state index contributed by atoms with van der Waals surface area (Å²) in [6.45, 7) is 0. The SMILES string of the molecule is COc1cnc(C(O)Cc2cccs2)c(OC)n1. The largest absolute Gasteiger partial charge is 0.480 e. The third-order valence-corrected chi connectivity index (χ3v) is 3.34. The lowest BCUT2D eigenvalue weighted by molar-refractivity contribution is 0.168. The highest BCUT2D eigenvalue weighted by atomic mass is 32.1. The quantitative estimate of drug-likeness (QED) is 0.894. The van der Waals surface area contributed by atoms with E-state index in [1.165, 1.54) is 20.4 Å². The fraction of sp³-hybridized carbons (Fsp3) is 0.333. The first-order chi connectivity index (χ1) is 8.74. The fourth-order valence-corrected chi connectivity index (χ4v) is 2.30. The number of methoxy groups -OCH3 is 2. The van der Waals surface area contributed by atoms with Crippen LogP contribution in [0.15, 0.2) is 23.7 Å². The van der Waals surface area contributed by atoms with Gasteiger partial charge in [-0.3, -0.25) is 0 Å². The number of nitrogens with zero attached hydrogens (tertiary/aromatic N) is 2. The summed E-state index contributed by atoms with van der Waals surface area (Å²) in [7, 11) is 3.00. The van der Waals surface area contributed by atoms with E-state index in [4.69, 9.17) is 9.47 Å². The van der Waals surface area contributed by atoms with E-state index in [-0.39, 0.29) is 0 Å². The molecular formula is C12H14N2O3S. The number of aliphatic hydroxyl groups is 1. The van der Waals surface area contributed by atoms with Gasteiger partial charge in [0, 0.05) is 11.3 Å². The molecule has 0 aliphatic carbocycles. The molecule has 0 radical (unpaired) electrons. The molecule has 2 heterocycles. The molecule has 0 saturated heterocycles. The first kappa shape index (κ1) is 12.8. The van der Waals surface area contributed by atoms with E-state index in [2.05, 4.69) is 9.97 Å². The molecule has 2 aromatic rings. The van der Waals surface area contributed by atoms with Gasteiger partial charge in [-0.15, -0.1) is 11.3 Å². The van der Waals surface area contributed by atoms with Crippen LogP contribution in [-0.2, 0) is 6.42 Å². The molecular weight excluding hydrogens is 252 g/mol. The monoisotopic (exact) mass is 266 g/mol. The van der Waals surface area contributed by atoms with Crippen LogP contribution in [0, 0.1) is 0 Å². The minimum absolute atomic E-state index is 0.290. The molecule has 0 aliphatic heterocycles. The molecule has 1 atom stereocenters. The molecule has 0 fully saturated rings. The Kier molecular flexibility index (Phi) is 4.11. The fourth-order valence-electron chi connectivity index (χ4n) is 1.56. The highest BCUT2D eigenvalue weighted by Gasteiger charge is 2.18. The normalized spacial score (nSPS) is 12.2. The smallest absolute Gasteiger partial charge is 0.241 e. The van der Waals surface area contributed by atoms with E-state index < -0.39 is 6.10 Å². The lowest BCUT2D eigenvalue weighted by Crippen LogP contribution is -2.08. The van der Waals surface area contributed by atoms with E-state index in [1.54, 1.807) is 11.3 Å². The van der Waals surface area contributed by atoms with Crippen LogP contribution in [-0.4, -0.2) is 29.3 Å². The molecule has 18 heavy (non-hydrogen) atoms. The average Bonchev–Trinajstić information content (AvgIpc) is 2.90. The number of ether oxygens (including phenoxy) is 2. The molecule has 0 aromatic carbocycles. The van der Waals surface area contributed by atoms with Crippen LogP contribution in [0.25, 0.3) is 0 Å². The van der Waals surface area contributed by atoms with Crippen LogP contribution >= 0.6 is 11.3 Å². The van der Waals surface area contributed by atoms with Crippen molar-refractivity contribution in [1.29, 1.82) is 0 Å². The van der Waals surface area contributed by atoms with Gasteiger partial charge in [-0.25, -0.2) is 4.98 Å². The summed E-state index contributed by atoms with van der Waals surface area (Å²) in [5.41, 5.74) is 0.423. The Balaban J connectivity index is 2.21. The molecule has 2 aromatic heterocycles. The summed E-state index contributed by atoms with van der Waals surface area (Å²) in [5.74, 6) is 0.650. The zero-order valence-corrected chi connectivity index (χ0v) is 11.0. The van der Waals surface area contributed by atoms with Crippen molar-refractivity contribution in [2.75, 3.05) is 14.2 Å². The van der Waals surface area contributed by atoms with E-state index in [1.807, 2.05) is 17.5 Å². The van der Waals surface area contributed by atoms with Crippen molar-refractivity contribution in [2.45, 2.75) is 12.5 Å². The number of thiophene rings is 1. The van der Waals surface area contributed by atoms with Gasteiger partial charge in [-0.05, 0) is 11.4 Å². The van der Waals surface area contributed by atoms with Gasteiger partial charge in [0.1, 0.15) is 11.8 Å². The van der Waals surface area contributed by atoms with Gasteiger partial charge in [0.05, 0.1) is 20.4 Å². The summed E-state index contributed by atoms with van der Waals surface area (Å²) >= 11 is 1.59. The predicted molar refractivity (Wildman–Crippen MR) is 68.1 cm³/mol. The Morgan fingerprint density at radius 1 is 1.39 bits per heavy atom. The minimum atomic E-state index is -0.739. The van der Waals surface area contributed by atoms with E-state index in [0.717, 1.165) is 4.88 Å². The minimum Gasteiger partial charge on any atom is -0.480 e. The average molecular weight is 266 g/mol. The van der Waals surface area contributed by atoms with E-state index in [9.17, 15) is 5.11 Å². The molecule has 1 N–H and O–H groups in total. The lowest BCUT2D eigenvalue weighted by Gasteiger charge is -2.12. The van der Waals surface area contributed by atoms with Gasteiger partial charge >= 0.3 is 0 Å². The molecule has 5 nitrogen and oxygen atoms in total. The number of hydrogen-bond acceptors (Lipinski definition) is 6. The van der Waals surface area contributed by atoms with Gasteiger partial charge in [0.25, 0.3) is 0 Å². The molecule has 0 aliphatic rings. The zero-order chi connectivity index (χ0) is 13.0. The van der Waals surface area contributed by atoms with Crippen molar-refractivity contribution in [1.82, 2.24) is 9.97 Å². The first-order valence-electron chi connectivity index (χ1n) is 5.40. The summed E-state index contributed by atoms with van der Waals surface area (Å²) in [4.78, 5) is 9.32. The maximum atomic E-state index is 10.2. The van der Waals surface area contributed by atoms with Crippen molar-refractivity contribution in [3.05, 3.63) is 34.3 Å². The second kappa shape index (κ2) is 5.79. The molecule has 0 amide bonds. The standard InChI is InChI=1S/C12H14N2O3S/c1-16-10-7-13-11(12(14-10)17-2)9(15)6-8-4-3-5-18-8/h3-5,7,9,15H,6H2,1-2H3. The van der Waals surface area contributed by atoms with E-state index in [0.29, 0.717) is 23.9 Å². The molecule has 0 bridgehead atoms. The Labute approximate surface area is 109 Å². The van der Waals surface area contributed by atoms with Crippen molar-refractivity contribution in [3.63, 3.8) is 0 Å². The second-order valence-electron chi connectivity index (χ2n) is 3.61. The molecule has 0 saturated carbocycles. The topological polar surface area (TPSA) is 64.5 Å². The molecule has 1 unspecified atom stereocenters. The maximum absolute atomic E-state index is 10.2. The number of aliphatic hydroxyl groups excluding tert-OH is 1. The van der Waals surface area contributed by atoms with Crippen molar-refractivity contribution < 1.29 is 14.6 Å². The molecule has 0 spiro atoms. The predicted octanol–water partition coefficient (Wildman–Crippen LogP) is 1.83. The zero-order valence-electron chi connectivity index (χ0n) is 10.2. The Morgan fingerprint density at radius 2 is 2.22 bits per heavy atom. The summed E-state index contributed by atoms with van der Waals surface area (Å²) in [5, 5.41) is 12.1. The van der Waals surface area contributed by atoms with Crippen molar-refractivity contribution in [3.8, 4) is 11.8 Å². The summed E-state index contributed by atoms with van der Waals surface area (Å²) in [6.07, 6.45) is 1.22. The Bertz CT molecular complexity index is 502. The maximum Gasteiger partial charge on any atom is 0.241 e. The Morgan fingerprint density at radius 3 is 2.83 bits per heavy atom.